The lowest BCUT2D eigenvalue weighted by atomic mass is 9.97. The number of nitrogens with one attached hydrogen (secondary N) is 1. The van der Waals surface area contributed by atoms with Crippen molar-refractivity contribution in [3.8, 4) is 0 Å². The van der Waals surface area contributed by atoms with Crippen LogP contribution in [0.2, 0.25) is 0 Å². The molecule has 2 N–H and O–H groups in total. The lowest BCUT2D eigenvalue weighted by molar-refractivity contribution is -0.146. The quantitative estimate of drug-likeness (QED) is 0.878. The Balaban J connectivity index is 1.82. The molecule has 7 nitrogen and oxygen atoms in total. The monoisotopic (exact) mass is 329 g/mol. The van der Waals surface area contributed by atoms with Crippen molar-refractivity contribution in [2.45, 2.75) is 44.1 Å². The van der Waals surface area contributed by atoms with Gasteiger partial charge in [-0.1, -0.05) is 31.0 Å². The van der Waals surface area contributed by atoms with Crippen molar-refractivity contribution in [1.29, 1.82) is 0 Å². The second-order valence-electron chi connectivity index (χ2n) is 6.14. The van der Waals surface area contributed by atoms with E-state index < -0.39 is 17.4 Å². The summed E-state index contributed by atoms with van der Waals surface area (Å²) in [6, 6.07) is 8.86. The van der Waals surface area contributed by atoms with E-state index in [1.807, 2.05) is 6.07 Å². The highest BCUT2D eigenvalue weighted by atomic mass is 16.4. The van der Waals surface area contributed by atoms with E-state index >= 15 is 0 Å². The number of benzene rings is 1. The predicted molar refractivity (Wildman–Crippen MR) is 87.6 cm³/mol. The van der Waals surface area contributed by atoms with Crippen molar-refractivity contribution in [1.82, 2.24) is 5.32 Å². The fraction of sp³-hybridized carbons (Fsp3) is 0.412. The molecule has 1 fully saturated rings. The fourth-order valence-electron chi connectivity index (χ4n) is 3.15. The van der Waals surface area contributed by atoms with E-state index in [2.05, 4.69) is 10.4 Å². The zero-order valence-electron chi connectivity index (χ0n) is 13.2. The topological polar surface area (TPSA) is 99.1 Å². The van der Waals surface area contributed by atoms with Crippen LogP contribution in [0.1, 0.15) is 38.5 Å². The summed E-state index contributed by atoms with van der Waals surface area (Å²) in [4.78, 5) is 36.1. The zero-order valence-corrected chi connectivity index (χ0v) is 13.2. The van der Waals surface area contributed by atoms with Gasteiger partial charge in [-0.25, -0.2) is 9.80 Å². The van der Waals surface area contributed by atoms with Crippen LogP contribution in [-0.4, -0.2) is 34.1 Å². The number of para-hydroxylation sites is 1. The molecule has 1 aromatic carbocycles. The standard InChI is InChI=1S/C17H19N3O4/c21-14-9-8-13(19-20(14)12-6-2-1-3-7-12)15(22)18-17(16(23)24)10-4-5-11-17/h1-3,6-7H,4-5,8-11H2,(H,18,22)(H,23,24). The second-order valence-corrected chi connectivity index (χ2v) is 6.14. The first-order valence-corrected chi connectivity index (χ1v) is 8.03. The number of carboxylic acids is 1. The minimum Gasteiger partial charge on any atom is -0.480 e. The maximum absolute atomic E-state index is 12.5. The van der Waals surface area contributed by atoms with Gasteiger partial charge in [-0.05, 0) is 25.0 Å². The number of amides is 2. The third-order valence-corrected chi connectivity index (χ3v) is 4.51. The van der Waals surface area contributed by atoms with Gasteiger partial charge in [0.1, 0.15) is 11.3 Å². The van der Waals surface area contributed by atoms with Gasteiger partial charge in [-0.2, -0.15) is 5.10 Å². The van der Waals surface area contributed by atoms with Gasteiger partial charge in [0, 0.05) is 12.8 Å². The highest BCUT2D eigenvalue weighted by Crippen LogP contribution is 2.30. The number of carbonyl (C=O) groups is 3. The summed E-state index contributed by atoms with van der Waals surface area (Å²) in [6.07, 6.45) is 2.76. The third-order valence-electron chi connectivity index (χ3n) is 4.51. The minimum atomic E-state index is -1.21. The van der Waals surface area contributed by atoms with Crippen LogP contribution in [-0.2, 0) is 14.4 Å². The molecule has 1 aliphatic heterocycles. The second kappa shape index (κ2) is 6.43. The number of hydrazone groups is 1. The van der Waals surface area contributed by atoms with Crippen LogP contribution in [0.15, 0.2) is 35.4 Å². The van der Waals surface area contributed by atoms with Gasteiger partial charge in [0.2, 0.25) is 5.91 Å². The summed E-state index contributed by atoms with van der Waals surface area (Å²) in [5.41, 5.74) is -0.439. The third kappa shape index (κ3) is 3.02. The Morgan fingerprint density at radius 2 is 1.79 bits per heavy atom. The molecule has 0 saturated heterocycles. The van der Waals surface area contributed by atoms with E-state index in [0.717, 1.165) is 12.8 Å². The number of anilines is 1. The summed E-state index contributed by atoms with van der Waals surface area (Å²) < 4.78 is 0. The molecule has 1 aliphatic carbocycles. The largest absolute Gasteiger partial charge is 0.480 e. The predicted octanol–water partition coefficient (Wildman–Crippen LogP) is 1.68. The van der Waals surface area contributed by atoms with Crippen molar-refractivity contribution >= 4 is 29.2 Å². The molecule has 3 rings (SSSR count). The first-order chi connectivity index (χ1) is 11.5. The molecule has 0 atom stereocenters. The normalized spacial score (nSPS) is 19.8. The highest BCUT2D eigenvalue weighted by molar-refractivity contribution is 6.40. The molecule has 0 radical (unpaired) electrons. The van der Waals surface area contributed by atoms with Gasteiger partial charge in [-0.3, -0.25) is 9.59 Å². The Kier molecular flexibility index (Phi) is 4.33. The Morgan fingerprint density at radius 3 is 2.42 bits per heavy atom. The van der Waals surface area contributed by atoms with Crippen LogP contribution in [0.5, 0.6) is 0 Å². The molecular weight excluding hydrogens is 310 g/mol. The molecule has 0 bridgehead atoms. The highest BCUT2D eigenvalue weighted by Gasteiger charge is 2.43. The number of hydrogen-bond acceptors (Lipinski definition) is 4. The zero-order chi connectivity index (χ0) is 17.2. The molecule has 0 unspecified atom stereocenters. The van der Waals surface area contributed by atoms with Gasteiger partial charge in [0.15, 0.2) is 0 Å². The van der Waals surface area contributed by atoms with Crippen molar-refractivity contribution in [3.63, 3.8) is 0 Å². The van der Waals surface area contributed by atoms with Crippen LogP contribution in [0.3, 0.4) is 0 Å². The molecule has 0 spiro atoms. The molecule has 1 aromatic rings. The van der Waals surface area contributed by atoms with Gasteiger partial charge in [0.25, 0.3) is 5.91 Å². The van der Waals surface area contributed by atoms with Gasteiger partial charge < -0.3 is 10.4 Å². The number of carboxylic acid groups (broad SMARTS) is 1. The smallest absolute Gasteiger partial charge is 0.329 e. The molecule has 2 aliphatic rings. The Morgan fingerprint density at radius 1 is 1.12 bits per heavy atom. The van der Waals surface area contributed by atoms with Crippen LogP contribution < -0.4 is 10.3 Å². The minimum absolute atomic E-state index is 0.168. The summed E-state index contributed by atoms with van der Waals surface area (Å²) in [5.74, 6) is -1.71. The van der Waals surface area contributed by atoms with Crippen molar-refractivity contribution in [3.05, 3.63) is 30.3 Å². The van der Waals surface area contributed by atoms with E-state index in [1.54, 1.807) is 24.3 Å². The van der Waals surface area contributed by atoms with Gasteiger partial charge in [-0.15, -0.1) is 0 Å². The van der Waals surface area contributed by atoms with Crippen molar-refractivity contribution < 1.29 is 19.5 Å². The first kappa shape index (κ1) is 16.2. The van der Waals surface area contributed by atoms with E-state index in [9.17, 15) is 19.5 Å². The number of aliphatic carboxylic acids is 1. The van der Waals surface area contributed by atoms with E-state index in [1.165, 1.54) is 5.01 Å². The van der Waals surface area contributed by atoms with Gasteiger partial charge in [0.05, 0.1) is 5.69 Å². The molecule has 126 valence electrons. The van der Waals surface area contributed by atoms with Crippen LogP contribution in [0.4, 0.5) is 5.69 Å². The van der Waals surface area contributed by atoms with E-state index in [-0.39, 0.29) is 24.5 Å². The summed E-state index contributed by atoms with van der Waals surface area (Å²) in [7, 11) is 0. The van der Waals surface area contributed by atoms with Gasteiger partial charge >= 0.3 is 5.97 Å². The maximum atomic E-state index is 12.5. The number of nitrogens with zero attached hydrogens (tertiary/aromatic N) is 2. The maximum Gasteiger partial charge on any atom is 0.329 e. The fourth-order valence-corrected chi connectivity index (χ4v) is 3.15. The molecular formula is C17H19N3O4. The number of hydrogen-bond donors (Lipinski definition) is 2. The molecule has 0 aromatic heterocycles. The average molecular weight is 329 g/mol. The Hall–Kier alpha value is -2.70. The number of rotatable bonds is 4. The van der Waals surface area contributed by atoms with Crippen LogP contribution in [0.25, 0.3) is 0 Å². The van der Waals surface area contributed by atoms with Crippen molar-refractivity contribution in [2.24, 2.45) is 5.10 Å². The average Bonchev–Trinajstić information content (AvgIpc) is 3.06. The molecule has 7 heteroatoms. The summed E-state index contributed by atoms with van der Waals surface area (Å²) in [5, 5.41) is 17.5. The summed E-state index contributed by atoms with van der Waals surface area (Å²) >= 11 is 0. The van der Waals surface area contributed by atoms with Crippen LogP contribution in [0, 0.1) is 0 Å². The lowest BCUT2D eigenvalue weighted by Crippen LogP contribution is -2.55. The Labute approximate surface area is 139 Å². The lowest BCUT2D eigenvalue weighted by Gasteiger charge is -2.28. The molecule has 1 heterocycles. The molecule has 1 saturated carbocycles. The van der Waals surface area contributed by atoms with Crippen molar-refractivity contribution in [2.75, 3.05) is 5.01 Å². The van der Waals surface area contributed by atoms with Crippen LogP contribution >= 0.6 is 0 Å². The SMILES string of the molecule is O=C(NC1(C(=O)O)CCCC1)C1=NN(c2ccccc2)C(=O)CC1. The summed E-state index contributed by atoms with van der Waals surface area (Å²) in [6.45, 7) is 0. The first-order valence-electron chi connectivity index (χ1n) is 8.03. The van der Waals surface area contributed by atoms with E-state index in [4.69, 9.17) is 0 Å². The number of carbonyl (C=O) groups excluding carboxylic acids is 2. The molecule has 2 amide bonds. The Bertz CT molecular complexity index is 693. The van der Waals surface area contributed by atoms with E-state index in [0.29, 0.717) is 18.5 Å². The molecule has 24 heavy (non-hydrogen) atoms.